The lowest BCUT2D eigenvalue weighted by molar-refractivity contribution is 0.103. The Labute approximate surface area is 143 Å². The molecule has 0 unspecified atom stereocenters. The van der Waals surface area contributed by atoms with Crippen LogP contribution in [0.2, 0.25) is 0 Å². The quantitative estimate of drug-likeness (QED) is 0.770. The van der Waals surface area contributed by atoms with E-state index < -0.39 is 0 Å². The molecule has 0 atom stereocenters. The Balaban J connectivity index is 2.42. The number of carbonyl (C=O) groups is 1. The van der Waals surface area contributed by atoms with E-state index in [4.69, 9.17) is 14.2 Å². The van der Waals surface area contributed by atoms with E-state index in [9.17, 15) is 4.79 Å². The SMILES string of the molecule is COc1cc(C(=O)c2ccc(C(C)(C)C)cc2)cc(OC)c1OC. The first-order chi connectivity index (χ1) is 11.3. The molecular weight excluding hydrogens is 304 g/mol. The van der Waals surface area contributed by atoms with Crippen LogP contribution < -0.4 is 14.2 Å². The summed E-state index contributed by atoms with van der Waals surface area (Å²) in [6.07, 6.45) is 0. The van der Waals surface area contributed by atoms with Gasteiger partial charge in [0, 0.05) is 11.1 Å². The van der Waals surface area contributed by atoms with Crippen LogP contribution in [0.4, 0.5) is 0 Å². The molecule has 2 aromatic carbocycles. The molecule has 24 heavy (non-hydrogen) atoms. The number of carbonyl (C=O) groups excluding carboxylic acids is 1. The Kier molecular flexibility index (Phi) is 5.17. The van der Waals surface area contributed by atoms with Gasteiger partial charge in [-0.1, -0.05) is 45.0 Å². The Morgan fingerprint density at radius 3 is 1.67 bits per heavy atom. The zero-order chi connectivity index (χ0) is 17.9. The van der Waals surface area contributed by atoms with Crippen LogP contribution in [0.5, 0.6) is 17.2 Å². The number of methoxy groups -OCH3 is 3. The van der Waals surface area contributed by atoms with E-state index in [-0.39, 0.29) is 11.2 Å². The molecule has 0 saturated carbocycles. The Morgan fingerprint density at radius 2 is 1.29 bits per heavy atom. The van der Waals surface area contributed by atoms with Crippen molar-refractivity contribution in [2.75, 3.05) is 21.3 Å². The van der Waals surface area contributed by atoms with E-state index in [2.05, 4.69) is 20.8 Å². The van der Waals surface area contributed by atoms with Crippen LogP contribution in [0.25, 0.3) is 0 Å². The van der Waals surface area contributed by atoms with Gasteiger partial charge in [-0.25, -0.2) is 0 Å². The molecular formula is C20H24O4. The predicted octanol–water partition coefficient (Wildman–Crippen LogP) is 4.24. The van der Waals surface area contributed by atoms with Crippen molar-refractivity contribution < 1.29 is 19.0 Å². The van der Waals surface area contributed by atoms with Crippen molar-refractivity contribution in [1.29, 1.82) is 0 Å². The van der Waals surface area contributed by atoms with Crippen LogP contribution in [0, 0.1) is 0 Å². The van der Waals surface area contributed by atoms with E-state index >= 15 is 0 Å². The smallest absolute Gasteiger partial charge is 0.203 e. The van der Waals surface area contributed by atoms with Crippen LogP contribution in [-0.2, 0) is 5.41 Å². The van der Waals surface area contributed by atoms with E-state index in [1.165, 1.54) is 26.9 Å². The fourth-order valence-corrected chi connectivity index (χ4v) is 2.50. The van der Waals surface area contributed by atoms with Crippen molar-refractivity contribution in [3.8, 4) is 17.2 Å². The summed E-state index contributed by atoms with van der Waals surface area (Å²) in [6.45, 7) is 6.43. The maximum Gasteiger partial charge on any atom is 0.203 e. The van der Waals surface area contributed by atoms with E-state index in [0.717, 1.165) is 0 Å². The summed E-state index contributed by atoms with van der Waals surface area (Å²) in [7, 11) is 4.60. The van der Waals surface area contributed by atoms with Crippen molar-refractivity contribution in [2.24, 2.45) is 0 Å². The highest BCUT2D eigenvalue weighted by molar-refractivity contribution is 6.09. The number of ketones is 1. The maximum absolute atomic E-state index is 12.8. The first kappa shape index (κ1) is 17.9. The summed E-state index contributed by atoms with van der Waals surface area (Å²) in [5.41, 5.74) is 2.35. The molecule has 0 aliphatic carbocycles. The first-order valence-corrected chi connectivity index (χ1v) is 7.77. The second-order valence-corrected chi connectivity index (χ2v) is 6.57. The molecule has 2 rings (SSSR count). The Morgan fingerprint density at radius 1 is 0.792 bits per heavy atom. The first-order valence-electron chi connectivity index (χ1n) is 7.77. The summed E-state index contributed by atoms with van der Waals surface area (Å²) in [6, 6.07) is 11.0. The third-order valence-corrected chi connectivity index (χ3v) is 3.94. The van der Waals surface area contributed by atoms with Gasteiger partial charge < -0.3 is 14.2 Å². The average molecular weight is 328 g/mol. The van der Waals surface area contributed by atoms with Gasteiger partial charge in [-0.3, -0.25) is 4.79 Å². The summed E-state index contributed by atoms with van der Waals surface area (Å²) in [5.74, 6) is 1.31. The van der Waals surface area contributed by atoms with Crippen LogP contribution >= 0.6 is 0 Å². The summed E-state index contributed by atoms with van der Waals surface area (Å²) >= 11 is 0. The Bertz CT molecular complexity index is 699. The van der Waals surface area contributed by atoms with Crippen molar-refractivity contribution >= 4 is 5.78 Å². The topological polar surface area (TPSA) is 44.8 Å². The second-order valence-electron chi connectivity index (χ2n) is 6.57. The number of rotatable bonds is 5. The number of benzene rings is 2. The van der Waals surface area contributed by atoms with E-state index in [1.54, 1.807) is 12.1 Å². The fraction of sp³-hybridized carbons (Fsp3) is 0.350. The number of hydrogen-bond donors (Lipinski definition) is 0. The second kappa shape index (κ2) is 6.95. The average Bonchev–Trinajstić information content (AvgIpc) is 2.59. The predicted molar refractivity (Wildman–Crippen MR) is 94.7 cm³/mol. The van der Waals surface area contributed by atoms with Gasteiger partial charge in [-0.15, -0.1) is 0 Å². The van der Waals surface area contributed by atoms with Crippen molar-refractivity contribution in [2.45, 2.75) is 26.2 Å². The molecule has 0 heterocycles. The minimum Gasteiger partial charge on any atom is -0.493 e. The summed E-state index contributed by atoms with van der Waals surface area (Å²) < 4.78 is 15.9. The summed E-state index contributed by atoms with van der Waals surface area (Å²) in [5, 5.41) is 0. The molecule has 0 fully saturated rings. The van der Waals surface area contributed by atoms with Crippen LogP contribution in [0.3, 0.4) is 0 Å². The molecule has 128 valence electrons. The van der Waals surface area contributed by atoms with E-state index in [0.29, 0.717) is 28.4 Å². The van der Waals surface area contributed by atoms with Gasteiger partial charge in [0.15, 0.2) is 17.3 Å². The van der Waals surface area contributed by atoms with Gasteiger partial charge in [0.25, 0.3) is 0 Å². The normalized spacial score (nSPS) is 11.1. The van der Waals surface area contributed by atoms with Gasteiger partial charge in [0.2, 0.25) is 5.75 Å². The third-order valence-electron chi connectivity index (χ3n) is 3.94. The Hall–Kier alpha value is -2.49. The van der Waals surface area contributed by atoms with Gasteiger partial charge in [-0.2, -0.15) is 0 Å². The highest BCUT2D eigenvalue weighted by Gasteiger charge is 2.19. The minimum atomic E-state index is -0.0882. The third kappa shape index (κ3) is 3.53. The van der Waals surface area contributed by atoms with Crippen LogP contribution in [0.15, 0.2) is 36.4 Å². The molecule has 0 aliphatic heterocycles. The fourth-order valence-electron chi connectivity index (χ4n) is 2.50. The molecule has 0 bridgehead atoms. The van der Waals surface area contributed by atoms with Gasteiger partial charge >= 0.3 is 0 Å². The minimum absolute atomic E-state index is 0.0497. The molecule has 0 aromatic heterocycles. The molecule has 0 N–H and O–H groups in total. The van der Waals surface area contributed by atoms with Crippen molar-refractivity contribution in [1.82, 2.24) is 0 Å². The standard InChI is InChI=1S/C20H24O4/c1-20(2,3)15-9-7-13(8-10-15)18(21)14-11-16(22-4)19(24-6)17(12-14)23-5/h7-12H,1-6H3. The molecule has 0 radical (unpaired) electrons. The monoisotopic (exact) mass is 328 g/mol. The molecule has 0 spiro atoms. The lowest BCUT2D eigenvalue weighted by Crippen LogP contribution is -2.11. The molecule has 2 aromatic rings. The largest absolute Gasteiger partial charge is 0.493 e. The molecule has 0 amide bonds. The van der Waals surface area contributed by atoms with Crippen molar-refractivity contribution in [3.05, 3.63) is 53.1 Å². The lowest BCUT2D eigenvalue weighted by Gasteiger charge is -2.19. The van der Waals surface area contributed by atoms with E-state index in [1.807, 2.05) is 24.3 Å². The molecule has 4 nitrogen and oxygen atoms in total. The van der Waals surface area contributed by atoms with Crippen LogP contribution in [-0.4, -0.2) is 27.1 Å². The number of ether oxygens (including phenoxy) is 3. The van der Waals surface area contributed by atoms with Crippen LogP contribution in [0.1, 0.15) is 42.3 Å². The number of hydrogen-bond acceptors (Lipinski definition) is 4. The van der Waals surface area contributed by atoms with Crippen molar-refractivity contribution in [3.63, 3.8) is 0 Å². The van der Waals surface area contributed by atoms with Gasteiger partial charge in [0.05, 0.1) is 21.3 Å². The molecule has 0 aliphatic rings. The lowest BCUT2D eigenvalue weighted by atomic mass is 9.86. The zero-order valence-electron chi connectivity index (χ0n) is 15.1. The van der Waals surface area contributed by atoms with Gasteiger partial charge in [0.1, 0.15) is 0 Å². The summed E-state index contributed by atoms with van der Waals surface area (Å²) in [4.78, 5) is 12.8. The zero-order valence-corrected chi connectivity index (χ0v) is 15.1. The highest BCUT2D eigenvalue weighted by Crippen LogP contribution is 2.38. The maximum atomic E-state index is 12.8. The highest BCUT2D eigenvalue weighted by atomic mass is 16.5. The molecule has 0 saturated heterocycles. The van der Waals surface area contributed by atoms with Gasteiger partial charge in [-0.05, 0) is 23.1 Å². The molecule has 4 heteroatoms.